The molecular formula is C17H16N6O3. The molecule has 1 heterocycles. The first-order chi connectivity index (χ1) is 12.7. The summed E-state index contributed by atoms with van der Waals surface area (Å²) < 4.78 is 7.13. The highest BCUT2D eigenvalue weighted by molar-refractivity contribution is 5.80. The zero-order valence-corrected chi connectivity index (χ0v) is 13.9. The highest BCUT2D eigenvalue weighted by Gasteiger charge is 2.19. The maximum Gasteiger partial charge on any atom is 0.493 e. The second-order valence-corrected chi connectivity index (χ2v) is 5.17. The summed E-state index contributed by atoms with van der Waals surface area (Å²) in [7, 11) is 0. The Balaban J connectivity index is 1.69. The third-order valence-electron chi connectivity index (χ3n) is 3.34. The maximum atomic E-state index is 10.8. The summed E-state index contributed by atoms with van der Waals surface area (Å²) >= 11 is 0. The molecule has 0 aliphatic heterocycles. The lowest BCUT2D eigenvalue weighted by molar-refractivity contribution is -0.394. The number of aryl methyl sites for hydroxylation is 1. The minimum absolute atomic E-state index is 0.201. The fourth-order valence-electron chi connectivity index (χ4n) is 2.16. The number of anilines is 1. The standard InChI is InChI=1S/C17H16N6O3/c1-2-22-16(19-17(21-22)23(24)25)20-18-12-13-7-6-10-15(11-13)26-14-8-4-3-5-9-14/h3-12H,2H2,1H3,(H,19,20,21)/b18-12+. The van der Waals surface area contributed by atoms with Crippen LogP contribution < -0.4 is 10.2 Å². The van der Waals surface area contributed by atoms with Gasteiger partial charge in [0, 0.05) is 5.10 Å². The lowest BCUT2D eigenvalue weighted by atomic mass is 10.2. The molecule has 9 heteroatoms. The Hall–Kier alpha value is -3.75. The number of ether oxygens (including phenoxy) is 1. The number of para-hydroxylation sites is 1. The van der Waals surface area contributed by atoms with Gasteiger partial charge in [0.15, 0.2) is 0 Å². The Morgan fingerprint density at radius 3 is 2.73 bits per heavy atom. The molecule has 0 bridgehead atoms. The third-order valence-corrected chi connectivity index (χ3v) is 3.34. The number of nitrogens with zero attached hydrogens (tertiary/aromatic N) is 5. The first kappa shape index (κ1) is 17.1. The summed E-state index contributed by atoms with van der Waals surface area (Å²) in [6.45, 7) is 2.23. The van der Waals surface area contributed by atoms with Crippen LogP contribution in [0.25, 0.3) is 0 Å². The first-order valence-corrected chi connectivity index (χ1v) is 7.87. The fraction of sp³-hybridized carbons (Fsp3) is 0.118. The fourth-order valence-corrected chi connectivity index (χ4v) is 2.16. The van der Waals surface area contributed by atoms with Crippen molar-refractivity contribution in [2.45, 2.75) is 13.5 Å². The quantitative estimate of drug-likeness (QED) is 0.396. The molecule has 132 valence electrons. The van der Waals surface area contributed by atoms with Crippen LogP contribution in [-0.4, -0.2) is 25.9 Å². The number of hydrazone groups is 1. The molecule has 0 spiro atoms. The topological polar surface area (TPSA) is 107 Å². The molecule has 26 heavy (non-hydrogen) atoms. The summed E-state index contributed by atoms with van der Waals surface area (Å²) in [5.74, 6) is 1.14. The molecule has 0 saturated carbocycles. The average molecular weight is 352 g/mol. The average Bonchev–Trinajstić information content (AvgIpc) is 3.06. The van der Waals surface area contributed by atoms with Crippen LogP contribution in [-0.2, 0) is 6.54 Å². The van der Waals surface area contributed by atoms with Crippen LogP contribution in [0.15, 0.2) is 59.7 Å². The van der Waals surface area contributed by atoms with E-state index in [0.717, 1.165) is 11.3 Å². The van der Waals surface area contributed by atoms with Crippen molar-refractivity contribution in [1.82, 2.24) is 14.8 Å². The number of benzene rings is 2. The second-order valence-electron chi connectivity index (χ2n) is 5.17. The Labute approximate surface area is 149 Å². The van der Waals surface area contributed by atoms with Gasteiger partial charge in [0.25, 0.3) is 0 Å². The molecule has 0 fully saturated rings. The summed E-state index contributed by atoms with van der Waals surface area (Å²) in [6, 6.07) is 16.8. The van der Waals surface area contributed by atoms with E-state index in [1.54, 1.807) is 13.1 Å². The zero-order valence-electron chi connectivity index (χ0n) is 13.9. The van der Waals surface area contributed by atoms with Crippen molar-refractivity contribution in [2.24, 2.45) is 5.10 Å². The normalized spacial score (nSPS) is 10.8. The van der Waals surface area contributed by atoms with Crippen molar-refractivity contribution in [3.05, 3.63) is 70.3 Å². The summed E-state index contributed by atoms with van der Waals surface area (Å²) in [5, 5.41) is 18.6. The molecule has 0 amide bonds. The highest BCUT2D eigenvalue weighted by Crippen LogP contribution is 2.21. The molecule has 2 aromatic carbocycles. The van der Waals surface area contributed by atoms with Crippen LogP contribution in [0.3, 0.4) is 0 Å². The number of rotatable bonds is 7. The summed E-state index contributed by atoms with van der Waals surface area (Å²) in [4.78, 5) is 13.9. The van der Waals surface area contributed by atoms with Gasteiger partial charge in [-0.05, 0) is 46.7 Å². The van der Waals surface area contributed by atoms with Gasteiger partial charge in [-0.1, -0.05) is 30.3 Å². The molecular weight excluding hydrogens is 336 g/mol. The van der Waals surface area contributed by atoms with Gasteiger partial charge in [-0.15, -0.1) is 0 Å². The van der Waals surface area contributed by atoms with Crippen LogP contribution >= 0.6 is 0 Å². The van der Waals surface area contributed by atoms with E-state index in [2.05, 4.69) is 20.6 Å². The SMILES string of the molecule is CCn1nc([N+](=O)[O-])nc1N/N=C/c1cccc(Oc2ccccc2)c1. The molecule has 1 aromatic heterocycles. The van der Waals surface area contributed by atoms with Gasteiger partial charge < -0.3 is 14.9 Å². The Morgan fingerprint density at radius 1 is 1.23 bits per heavy atom. The van der Waals surface area contributed by atoms with Crippen LogP contribution in [0.4, 0.5) is 11.9 Å². The van der Waals surface area contributed by atoms with E-state index in [-0.39, 0.29) is 5.95 Å². The van der Waals surface area contributed by atoms with E-state index in [9.17, 15) is 10.1 Å². The van der Waals surface area contributed by atoms with Crippen molar-refractivity contribution >= 4 is 18.1 Å². The van der Waals surface area contributed by atoms with Gasteiger partial charge >= 0.3 is 11.9 Å². The largest absolute Gasteiger partial charge is 0.493 e. The van der Waals surface area contributed by atoms with E-state index in [4.69, 9.17) is 4.74 Å². The monoisotopic (exact) mass is 352 g/mol. The molecule has 0 aliphatic rings. The van der Waals surface area contributed by atoms with Crippen molar-refractivity contribution in [3.63, 3.8) is 0 Å². The lowest BCUT2D eigenvalue weighted by Crippen LogP contribution is -2.03. The molecule has 1 N–H and O–H groups in total. The van der Waals surface area contributed by atoms with E-state index >= 15 is 0 Å². The summed E-state index contributed by atoms with van der Waals surface area (Å²) in [5.41, 5.74) is 3.47. The number of aromatic nitrogens is 3. The van der Waals surface area contributed by atoms with Gasteiger partial charge in [-0.2, -0.15) is 9.78 Å². The Kier molecular flexibility index (Phi) is 5.18. The van der Waals surface area contributed by atoms with Gasteiger partial charge in [-0.25, -0.2) is 5.43 Å². The number of nitrogens with one attached hydrogen (secondary N) is 1. The van der Waals surface area contributed by atoms with Crippen molar-refractivity contribution in [2.75, 3.05) is 5.43 Å². The van der Waals surface area contributed by atoms with Gasteiger partial charge in [0.05, 0.1) is 12.8 Å². The molecule has 0 atom stereocenters. The van der Waals surface area contributed by atoms with Crippen LogP contribution in [0, 0.1) is 10.1 Å². The van der Waals surface area contributed by atoms with Gasteiger partial charge in [0.2, 0.25) is 0 Å². The highest BCUT2D eigenvalue weighted by atomic mass is 16.6. The number of hydrogen-bond donors (Lipinski definition) is 1. The second kappa shape index (κ2) is 7.88. The van der Waals surface area contributed by atoms with Crippen molar-refractivity contribution in [3.8, 4) is 11.5 Å². The minimum atomic E-state index is -0.647. The van der Waals surface area contributed by atoms with Crippen LogP contribution in [0.5, 0.6) is 11.5 Å². The van der Waals surface area contributed by atoms with Gasteiger partial charge in [0.1, 0.15) is 11.5 Å². The smallest absolute Gasteiger partial charge is 0.457 e. The molecule has 3 rings (SSSR count). The van der Waals surface area contributed by atoms with E-state index in [1.807, 2.05) is 54.6 Å². The Morgan fingerprint density at radius 2 is 2.00 bits per heavy atom. The minimum Gasteiger partial charge on any atom is -0.457 e. The number of hydrogen-bond acceptors (Lipinski definition) is 7. The predicted molar refractivity (Wildman–Crippen MR) is 96.5 cm³/mol. The summed E-state index contributed by atoms with van der Waals surface area (Å²) in [6.07, 6.45) is 1.57. The number of nitro groups is 1. The predicted octanol–water partition coefficient (Wildman–Crippen LogP) is 3.44. The molecule has 3 aromatic rings. The molecule has 0 unspecified atom stereocenters. The van der Waals surface area contributed by atoms with E-state index in [1.165, 1.54) is 4.68 Å². The lowest BCUT2D eigenvalue weighted by Gasteiger charge is -2.05. The molecule has 0 aliphatic carbocycles. The van der Waals surface area contributed by atoms with Crippen LogP contribution in [0.1, 0.15) is 12.5 Å². The molecule has 0 radical (unpaired) electrons. The van der Waals surface area contributed by atoms with Crippen molar-refractivity contribution in [1.29, 1.82) is 0 Å². The van der Waals surface area contributed by atoms with Crippen LogP contribution in [0.2, 0.25) is 0 Å². The Bertz CT molecular complexity index is 923. The van der Waals surface area contributed by atoms with Crippen molar-refractivity contribution < 1.29 is 9.66 Å². The maximum absolute atomic E-state index is 10.8. The third kappa shape index (κ3) is 4.20. The first-order valence-electron chi connectivity index (χ1n) is 7.87. The molecule has 0 saturated heterocycles. The molecule has 9 nitrogen and oxygen atoms in total. The zero-order chi connectivity index (χ0) is 18.4. The van der Waals surface area contributed by atoms with E-state index in [0.29, 0.717) is 12.3 Å². The van der Waals surface area contributed by atoms with Gasteiger partial charge in [-0.3, -0.25) is 0 Å². The van der Waals surface area contributed by atoms with E-state index < -0.39 is 10.9 Å².